The first-order valence-electron chi connectivity index (χ1n) is 8.99. The van der Waals surface area contributed by atoms with Crippen LogP contribution in [0.5, 0.6) is 5.75 Å². The summed E-state index contributed by atoms with van der Waals surface area (Å²) in [6, 6.07) is 12.4. The minimum atomic E-state index is -4.36. The van der Waals surface area contributed by atoms with E-state index in [9.17, 15) is 18.0 Å². The lowest BCUT2D eigenvalue weighted by atomic mass is 10.1. The molecule has 1 aromatic heterocycles. The highest BCUT2D eigenvalue weighted by atomic mass is 32.1. The smallest absolute Gasteiger partial charge is 0.416 e. The second kappa shape index (κ2) is 9.27. The fourth-order valence-corrected chi connectivity index (χ4v) is 3.53. The van der Waals surface area contributed by atoms with Gasteiger partial charge in [-0.2, -0.15) is 13.2 Å². The molecule has 0 unspecified atom stereocenters. The predicted octanol–water partition coefficient (Wildman–Crippen LogP) is 4.91. The van der Waals surface area contributed by atoms with Gasteiger partial charge in [-0.3, -0.25) is 9.69 Å². The quantitative estimate of drug-likeness (QED) is 0.573. The molecular formula is C21H20F3N3O2S. The van der Waals surface area contributed by atoms with E-state index in [4.69, 9.17) is 4.74 Å². The van der Waals surface area contributed by atoms with E-state index in [1.807, 2.05) is 29.6 Å². The Balaban J connectivity index is 1.53. The number of aromatic nitrogens is 1. The lowest BCUT2D eigenvalue weighted by Gasteiger charge is -2.16. The third-order valence-corrected chi connectivity index (χ3v) is 5.04. The summed E-state index contributed by atoms with van der Waals surface area (Å²) in [5.41, 5.74) is 1.65. The Kier molecular flexibility index (Phi) is 6.73. The summed E-state index contributed by atoms with van der Waals surface area (Å²) < 4.78 is 43.0. The number of nitrogens with zero attached hydrogens (tertiary/aromatic N) is 2. The van der Waals surface area contributed by atoms with Crippen LogP contribution in [0, 0.1) is 0 Å². The van der Waals surface area contributed by atoms with Crippen LogP contribution in [0.15, 0.2) is 53.9 Å². The van der Waals surface area contributed by atoms with Crippen molar-refractivity contribution < 1.29 is 22.7 Å². The second-order valence-electron chi connectivity index (χ2n) is 6.68. The van der Waals surface area contributed by atoms with Crippen LogP contribution < -0.4 is 10.1 Å². The van der Waals surface area contributed by atoms with Crippen molar-refractivity contribution in [3.63, 3.8) is 0 Å². The zero-order chi connectivity index (χ0) is 21.7. The fourth-order valence-electron chi connectivity index (χ4n) is 2.80. The first-order valence-corrected chi connectivity index (χ1v) is 9.87. The lowest BCUT2D eigenvalue weighted by molar-refractivity contribution is -0.137. The van der Waals surface area contributed by atoms with Crippen molar-refractivity contribution in [2.75, 3.05) is 26.0 Å². The Morgan fingerprint density at radius 2 is 1.80 bits per heavy atom. The largest absolute Gasteiger partial charge is 0.497 e. The van der Waals surface area contributed by atoms with E-state index >= 15 is 0 Å². The molecule has 0 fully saturated rings. The van der Waals surface area contributed by atoms with Crippen molar-refractivity contribution >= 4 is 22.4 Å². The van der Waals surface area contributed by atoms with Crippen molar-refractivity contribution in [1.82, 2.24) is 9.88 Å². The van der Waals surface area contributed by atoms with E-state index in [0.717, 1.165) is 29.1 Å². The molecule has 3 aromatic rings. The summed E-state index contributed by atoms with van der Waals surface area (Å²) >= 11 is 1.32. The molecule has 2 aromatic carbocycles. The van der Waals surface area contributed by atoms with Gasteiger partial charge in [0.15, 0.2) is 5.13 Å². The molecule has 158 valence electrons. The van der Waals surface area contributed by atoms with Gasteiger partial charge < -0.3 is 10.1 Å². The van der Waals surface area contributed by atoms with Gasteiger partial charge in [0.2, 0.25) is 5.91 Å². The molecule has 0 aliphatic heterocycles. The summed E-state index contributed by atoms with van der Waals surface area (Å²) in [6.45, 7) is 0.430. The molecule has 9 heteroatoms. The molecule has 0 bridgehead atoms. The number of thiazole rings is 1. The number of hydrogen-bond acceptors (Lipinski definition) is 5. The highest BCUT2D eigenvalue weighted by Crippen LogP contribution is 2.29. The molecule has 1 N–H and O–H groups in total. The number of carbonyl (C=O) groups excluding carboxylic acids is 1. The van der Waals surface area contributed by atoms with Crippen molar-refractivity contribution in [3.8, 4) is 17.0 Å². The zero-order valence-electron chi connectivity index (χ0n) is 16.4. The van der Waals surface area contributed by atoms with Gasteiger partial charge in [0, 0.05) is 17.5 Å². The maximum Gasteiger partial charge on any atom is 0.416 e. The molecule has 30 heavy (non-hydrogen) atoms. The molecule has 0 aliphatic carbocycles. The van der Waals surface area contributed by atoms with Gasteiger partial charge in [0.05, 0.1) is 24.9 Å². The number of alkyl halides is 3. The summed E-state index contributed by atoms with van der Waals surface area (Å²) in [7, 11) is 3.32. The number of ether oxygens (including phenoxy) is 1. The van der Waals surface area contributed by atoms with Gasteiger partial charge >= 0.3 is 6.18 Å². The molecule has 1 amide bonds. The van der Waals surface area contributed by atoms with Crippen LogP contribution in [0.25, 0.3) is 11.3 Å². The van der Waals surface area contributed by atoms with E-state index in [2.05, 4.69) is 10.3 Å². The third kappa shape index (κ3) is 5.80. The third-order valence-electron chi connectivity index (χ3n) is 4.28. The minimum Gasteiger partial charge on any atom is -0.497 e. The SMILES string of the molecule is COc1ccc(-c2csc(NC(=O)CN(C)Cc3ccc(C(F)(F)F)cc3)n2)cc1. The molecule has 0 radical (unpaired) electrons. The summed E-state index contributed by atoms with van der Waals surface area (Å²) in [6.07, 6.45) is -4.36. The Bertz CT molecular complexity index is 986. The van der Waals surface area contributed by atoms with Crippen LogP contribution in [0.1, 0.15) is 11.1 Å². The summed E-state index contributed by atoms with van der Waals surface area (Å²) in [4.78, 5) is 18.4. The van der Waals surface area contributed by atoms with E-state index in [1.54, 1.807) is 19.1 Å². The fraction of sp³-hybridized carbons (Fsp3) is 0.238. The number of rotatable bonds is 7. The first kappa shape index (κ1) is 21.8. The number of anilines is 1. The van der Waals surface area contributed by atoms with Gasteiger partial charge in [-0.1, -0.05) is 12.1 Å². The number of methoxy groups -OCH3 is 1. The average molecular weight is 435 g/mol. The van der Waals surface area contributed by atoms with E-state index in [1.165, 1.54) is 23.5 Å². The van der Waals surface area contributed by atoms with Crippen LogP contribution >= 0.6 is 11.3 Å². The number of halogens is 3. The lowest BCUT2D eigenvalue weighted by Crippen LogP contribution is -2.29. The normalized spacial score (nSPS) is 11.5. The first-order chi connectivity index (χ1) is 14.2. The molecule has 0 saturated heterocycles. The number of hydrogen-bond donors (Lipinski definition) is 1. The minimum absolute atomic E-state index is 0.0818. The number of carbonyl (C=O) groups is 1. The molecule has 0 spiro atoms. The molecule has 0 saturated carbocycles. The molecule has 0 atom stereocenters. The Hall–Kier alpha value is -2.91. The predicted molar refractivity (Wildman–Crippen MR) is 111 cm³/mol. The Morgan fingerprint density at radius 3 is 2.40 bits per heavy atom. The molecule has 5 nitrogen and oxygen atoms in total. The van der Waals surface area contributed by atoms with Gasteiger partial charge in [-0.05, 0) is 49.0 Å². The van der Waals surface area contributed by atoms with Crippen LogP contribution in [0.2, 0.25) is 0 Å². The maximum absolute atomic E-state index is 12.6. The highest BCUT2D eigenvalue weighted by Gasteiger charge is 2.29. The maximum atomic E-state index is 12.6. The number of likely N-dealkylation sites (N-methyl/N-ethyl adjacent to an activating group) is 1. The van der Waals surface area contributed by atoms with Crippen molar-refractivity contribution in [2.45, 2.75) is 12.7 Å². The van der Waals surface area contributed by atoms with E-state index in [0.29, 0.717) is 17.2 Å². The monoisotopic (exact) mass is 435 g/mol. The van der Waals surface area contributed by atoms with Crippen molar-refractivity contribution in [2.24, 2.45) is 0 Å². The van der Waals surface area contributed by atoms with Crippen LogP contribution in [-0.2, 0) is 17.5 Å². The average Bonchev–Trinajstić information content (AvgIpc) is 3.16. The number of amides is 1. The van der Waals surface area contributed by atoms with Crippen LogP contribution in [0.4, 0.5) is 18.3 Å². The Labute approximate surface area is 176 Å². The Morgan fingerprint density at radius 1 is 1.13 bits per heavy atom. The standard InChI is InChI=1S/C21H20F3N3O2S/c1-27(11-14-3-7-16(8-4-14)21(22,23)24)12-19(28)26-20-25-18(13-30-20)15-5-9-17(29-2)10-6-15/h3-10,13H,11-12H2,1-2H3,(H,25,26,28). The summed E-state index contributed by atoms with van der Waals surface area (Å²) in [5, 5.41) is 5.08. The molecule has 3 rings (SSSR count). The van der Waals surface area contributed by atoms with Crippen LogP contribution in [0.3, 0.4) is 0 Å². The number of benzene rings is 2. The number of nitrogens with one attached hydrogen (secondary N) is 1. The van der Waals surface area contributed by atoms with Gasteiger partial charge in [-0.25, -0.2) is 4.98 Å². The van der Waals surface area contributed by atoms with Gasteiger partial charge in [0.25, 0.3) is 0 Å². The van der Waals surface area contributed by atoms with Crippen molar-refractivity contribution in [3.05, 3.63) is 65.0 Å². The summed E-state index contributed by atoms with van der Waals surface area (Å²) in [5.74, 6) is 0.499. The van der Waals surface area contributed by atoms with E-state index < -0.39 is 11.7 Å². The van der Waals surface area contributed by atoms with E-state index in [-0.39, 0.29) is 12.5 Å². The molecular weight excluding hydrogens is 415 g/mol. The molecule has 1 heterocycles. The molecule has 0 aliphatic rings. The van der Waals surface area contributed by atoms with Crippen LogP contribution in [-0.4, -0.2) is 36.5 Å². The van der Waals surface area contributed by atoms with Crippen molar-refractivity contribution in [1.29, 1.82) is 0 Å². The van der Waals surface area contributed by atoms with Gasteiger partial charge in [-0.15, -0.1) is 11.3 Å². The topological polar surface area (TPSA) is 54.5 Å². The second-order valence-corrected chi connectivity index (χ2v) is 7.54. The zero-order valence-corrected chi connectivity index (χ0v) is 17.2. The van der Waals surface area contributed by atoms with Gasteiger partial charge in [0.1, 0.15) is 5.75 Å². The highest BCUT2D eigenvalue weighted by molar-refractivity contribution is 7.14.